The van der Waals surface area contributed by atoms with E-state index in [0.29, 0.717) is 28.3 Å². The molecule has 0 aliphatic heterocycles. The van der Waals surface area contributed by atoms with Crippen molar-refractivity contribution >= 4 is 22.5 Å². The average Bonchev–Trinajstić information content (AvgIpc) is 3.34. The van der Waals surface area contributed by atoms with E-state index in [-0.39, 0.29) is 5.82 Å². The zero-order chi connectivity index (χ0) is 19.7. The number of methoxy groups -OCH3 is 1. The van der Waals surface area contributed by atoms with E-state index in [1.54, 1.807) is 31.4 Å². The summed E-state index contributed by atoms with van der Waals surface area (Å²) in [6.07, 6.45) is 0. The monoisotopic (exact) mass is 375 g/mol. The number of nitrogens with zero attached hydrogens (tertiary/aromatic N) is 2. The Morgan fingerprint density at radius 1 is 1.25 bits per heavy atom. The minimum absolute atomic E-state index is 0.107. The van der Waals surface area contributed by atoms with Gasteiger partial charge >= 0.3 is 5.76 Å². The normalized spacial score (nSPS) is 10.6. The molecule has 138 valence electrons. The van der Waals surface area contributed by atoms with Crippen LogP contribution in [0.2, 0.25) is 0 Å². The van der Waals surface area contributed by atoms with Crippen molar-refractivity contribution in [3.8, 4) is 23.2 Å². The Labute approximate surface area is 157 Å². The van der Waals surface area contributed by atoms with Crippen LogP contribution in [0, 0.1) is 11.3 Å². The van der Waals surface area contributed by atoms with Crippen molar-refractivity contribution in [2.75, 3.05) is 12.4 Å². The Kier molecular flexibility index (Phi) is 4.14. The van der Waals surface area contributed by atoms with Gasteiger partial charge in [0.05, 0.1) is 24.4 Å². The minimum atomic E-state index is -0.739. The third kappa shape index (κ3) is 2.99. The molecule has 2 heterocycles. The van der Waals surface area contributed by atoms with Crippen LogP contribution in [-0.4, -0.2) is 28.1 Å². The van der Waals surface area contributed by atoms with E-state index < -0.39 is 11.7 Å². The van der Waals surface area contributed by atoms with Crippen molar-refractivity contribution in [1.29, 1.82) is 5.26 Å². The maximum atomic E-state index is 12.8. The van der Waals surface area contributed by atoms with Crippen LogP contribution < -0.4 is 15.8 Å². The second-order valence-electron chi connectivity index (χ2n) is 5.87. The predicted molar refractivity (Wildman–Crippen MR) is 100 cm³/mol. The molecule has 28 heavy (non-hydrogen) atoms. The van der Waals surface area contributed by atoms with Crippen molar-refractivity contribution in [3.63, 3.8) is 0 Å². The first kappa shape index (κ1) is 17.1. The number of rotatable bonds is 4. The second-order valence-corrected chi connectivity index (χ2v) is 5.87. The first-order chi connectivity index (χ1) is 13.6. The molecule has 0 aliphatic rings. The number of carbonyl (C=O) groups is 1. The number of ether oxygens (including phenoxy) is 1. The van der Waals surface area contributed by atoms with Gasteiger partial charge in [-0.1, -0.05) is 11.2 Å². The van der Waals surface area contributed by atoms with Crippen molar-refractivity contribution in [1.82, 2.24) is 15.1 Å². The molecule has 0 aliphatic carbocycles. The lowest BCUT2D eigenvalue weighted by atomic mass is 10.1. The molecule has 9 heteroatoms. The number of hydrogen-bond acceptors (Lipinski definition) is 6. The van der Waals surface area contributed by atoms with Gasteiger partial charge in [-0.15, -0.1) is 0 Å². The van der Waals surface area contributed by atoms with Gasteiger partial charge in [-0.3, -0.25) is 14.3 Å². The average molecular weight is 375 g/mol. The number of H-pyrrole nitrogens is 2. The topological polar surface area (TPSA) is 137 Å². The van der Waals surface area contributed by atoms with Crippen LogP contribution >= 0.6 is 0 Å². The number of anilines is 1. The smallest absolute Gasteiger partial charge is 0.439 e. The minimum Gasteiger partial charge on any atom is -0.496 e. The molecule has 0 unspecified atom stereocenters. The lowest BCUT2D eigenvalue weighted by Gasteiger charge is -2.08. The zero-order valence-corrected chi connectivity index (χ0v) is 14.6. The highest BCUT2D eigenvalue weighted by Crippen LogP contribution is 2.28. The Morgan fingerprint density at radius 2 is 2.11 bits per heavy atom. The molecule has 0 bridgehead atoms. The maximum absolute atomic E-state index is 12.8. The standard InChI is InChI=1S/C19H13N5O4/c1-27-16-4-2-3-13-11(16)8-15(21-13)18(25)22-14-6-5-10(9-20)7-12(14)17-23-19(26)28-24-17/h2-8,21H,1H3,(H,22,25)(H,23,24,26). The van der Waals surface area contributed by atoms with E-state index in [1.807, 2.05) is 18.2 Å². The van der Waals surface area contributed by atoms with Crippen LogP contribution in [-0.2, 0) is 0 Å². The number of aromatic nitrogens is 3. The third-order valence-corrected chi connectivity index (χ3v) is 4.18. The largest absolute Gasteiger partial charge is 0.496 e. The highest BCUT2D eigenvalue weighted by atomic mass is 16.5. The number of benzene rings is 2. The molecule has 0 fully saturated rings. The van der Waals surface area contributed by atoms with Gasteiger partial charge in [-0.05, 0) is 36.4 Å². The summed E-state index contributed by atoms with van der Waals surface area (Å²) in [4.78, 5) is 29.5. The Hall–Kier alpha value is -4.32. The Balaban J connectivity index is 1.72. The molecule has 0 atom stereocenters. The van der Waals surface area contributed by atoms with Crippen LogP contribution in [0.25, 0.3) is 22.3 Å². The van der Waals surface area contributed by atoms with Crippen LogP contribution in [0.15, 0.2) is 51.8 Å². The van der Waals surface area contributed by atoms with Crippen LogP contribution in [0.1, 0.15) is 16.1 Å². The number of nitriles is 1. The predicted octanol–water partition coefficient (Wildman–Crippen LogP) is 2.64. The van der Waals surface area contributed by atoms with E-state index >= 15 is 0 Å². The highest BCUT2D eigenvalue weighted by molar-refractivity contribution is 6.08. The number of fused-ring (bicyclic) bond motifs is 1. The van der Waals surface area contributed by atoms with Crippen molar-refractivity contribution in [2.45, 2.75) is 0 Å². The molecular weight excluding hydrogens is 362 g/mol. The van der Waals surface area contributed by atoms with Gasteiger partial charge < -0.3 is 15.0 Å². The lowest BCUT2D eigenvalue weighted by molar-refractivity contribution is 0.102. The summed E-state index contributed by atoms with van der Waals surface area (Å²) in [5, 5.41) is 16.3. The number of amides is 1. The fraction of sp³-hybridized carbons (Fsp3) is 0.0526. The molecule has 1 amide bonds. The van der Waals surface area contributed by atoms with Gasteiger partial charge in [0.2, 0.25) is 0 Å². The highest BCUT2D eigenvalue weighted by Gasteiger charge is 2.17. The van der Waals surface area contributed by atoms with Crippen LogP contribution in [0.5, 0.6) is 5.75 Å². The van der Waals surface area contributed by atoms with Crippen molar-refractivity contribution in [3.05, 3.63) is 64.3 Å². The van der Waals surface area contributed by atoms with Gasteiger partial charge in [0.25, 0.3) is 5.91 Å². The molecule has 2 aromatic heterocycles. The van der Waals surface area contributed by atoms with Crippen molar-refractivity contribution in [2.24, 2.45) is 0 Å². The lowest BCUT2D eigenvalue weighted by Crippen LogP contribution is -2.13. The van der Waals surface area contributed by atoms with Crippen molar-refractivity contribution < 1.29 is 14.1 Å². The number of aromatic amines is 2. The summed E-state index contributed by atoms with van der Waals surface area (Å²) in [5.74, 6) is -0.393. The SMILES string of the molecule is COc1cccc2[nH]c(C(=O)Nc3ccc(C#N)cc3-c3noc(=O)[nH]3)cc12. The summed E-state index contributed by atoms with van der Waals surface area (Å²) in [6, 6.07) is 13.7. The van der Waals surface area contributed by atoms with E-state index in [0.717, 1.165) is 10.9 Å². The van der Waals surface area contributed by atoms with Crippen LogP contribution in [0.3, 0.4) is 0 Å². The van der Waals surface area contributed by atoms with E-state index in [1.165, 1.54) is 6.07 Å². The Morgan fingerprint density at radius 3 is 2.82 bits per heavy atom. The van der Waals surface area contributed by atoms with Gasteiger partial charge in [0, 0.05) is 16.5 Å². The molecule has 3 N–H and O–H groups in total. The molecule has 9 nitrogen and oxygen atoms in total. The van der Waals surface area contributed by atoms with Gasteiger partial charge in [0.15, 0.2) is 5.82 Å². The summed E-state index contributed by atoms with van der Waals surface area (Å²) in [7, 11) is 1.56. The summed E-state index contributed by atoms with van der Waals surface area (Å²) >= 11 is 0. The number of carbonyl (C=O) groups excluding carboxylic acids is 1. The third-order valence-electron chi connectivity index (χ3n) is 4.18. The van der Waals surface area contributed by atoms with Gasteiger partial charge in [0.1, 0.15) is 11.4 Å². The second kappa shape index (κ2) is 6.77. The number of nitrogens with one attached hydrogen (secondary N) is 3. The summed E-state index contributed by atoms with van der Waals surface area (Å²) < 4.78 is 9.83. The quantitative estimate of drug-likeness (QED) is 0.501. The Bertz CT molecular complexity index is 1290. The molecule has 0 saturated heterocycles. The fourth-order valence-corrected chi connectivity index (χ4v) is 2.88. The van der Waals surface area contributed by atoms with E-state index in [4.69, 9.17) is 10.00 Å². The van der Waals surface area contributed by atoms with Crippen LogP contribution in [0.4, 0.5) is 5.69 Å². The molecular formula is C19H13N5O4. The maximum Gasteiger partial charge on any atom is 0.439 e. The molecule has 2 aromatic carbocycles. The first-order valence-electron chi connectivity index (χ1n) is 8.16. The first-order valence-corrected chi connectivity index (χ1v) is 8.16. The fourth-order valence-electron chi connectivity index (χ4n) is 2.88. The zero-order valence-electron chi connectivity index (χ0n) is 14.6. The molecule has 0 spiro atoms. The van der Waals surface area contributed by atoms with E-state index in [9.17, 15) is 9.59 Å². The molecule has 4 aromatic rings. The van der Waals surface area contributed by atoms with Gasteiger partial charge in [-0.2, -0.15) is 5.26 Å². The van der Waals surface area contributed by atoms with E-state index in [2.05, 4.69) is 25.0 Å². The number of hydrogen-bond donors (Lipinski definition) is 3. The molecule has 0 saturated carbocycles. The van der Waals surface area contributed by atoms with Gasteiger partial charge in [-0.25, -0.2) is 4.79 Å². The molecule has 0 radical (unpaired) electrons. The summed E-state index contributed by atoms with van der Waals surface area (Å²) in [6.45, 7) is 0. The summed E-state index contributed by atoms with van der Waals surface area (Å²) in [5.41, 5.74) is 2.13. The molecule has 4 rings (SSSR count).